The highest BCUT2D eigenvalue weighted by Gasteiger charge is 2.21. The molecule has 7 heteroatoms. The highest BCUT2D eigenvalue weighted by Crippen LogP contribution is 2.21. The van der Waals surface area contributed by atoms with Gasteiger partial charge in [-0.2, -0.15) is 0 Å². The van der Waals surface area contributed by atoms with Crippen molar-refractivity contribution in [2.75, 3.05) is 17.1 Å². The number of nitrogens with one attached hydrogen (secondary N) is 1. The summed E-state index contributed by atoms with van der Waals surface area (Å²) in [5, 5.41) is 0. The third-order valence-electron chi connectivity index (χ3n) is 2.36. The number of nitrogens with zero attached hydrogens (tertiary/aromatic N) is 2. The summed E-state index contributed by atoms with van der Waals surface area (Å²) in [4.78, 5) is 6.77. The van der Waals surface area contributed by atoms with Gasteiger partial charge in [0.25, 0.3) is 10.0 Å². The number of pyridine rings is 1. The van der Waals surface area contributed by atoms with Gasteiger partial charge in [-0.25, -0.2) is 13.4 Å². The average molecular weight is 252 g/mol. The number of aromatic nitrogens is 2. The molecule has 0 fully saturated rings. The number of hydrogen-bond acceptors (Lipinski definition) is 4. The fourth-order valence-electron chi connectivity index (χ4n) is 1.35. The maximum absolute atomic E-state index is 12.1. The van der Waals surface area contributed by atoms with Gasteiger partial charge in [-0.3, -0.25) is 4.31 Å². The van der Waals surface area contributed by atoms with Gasteiger partial charge in [-0.05, 0) is 18.2 Å². The van der Waals surface area contributed by atoms with Crippen LogP contribution >= 0.6 is 0 Å². The van der Waals surface area contributed by atoms with Crippen molar-refractivity contribution in [2.45, 2.75) is 4.90 Å². The lowest BCUT2D eigenvalue weighted by atomic mass is 10.4. The van der Waals surface area contributed by atoms with E-state index in [1.54, 1.807) is 18.3 Å². The minimum atomic E-state index is -3.54. The van der Waals surface area contributed by atoms with Crippen LogP contribution in [0.5, 0.6) is 0 Å². The van der Waals surface area contributed by atoms with E-state index in [1.165, 1.54) is 25.5 Å². The van der Waals surface area contributed by atoms with Crippen LogP contribution in [-0.2, 0) is 10.0 Å². The number of nitrogens with two attached hydrogens (primary N) is 1. The van der Waals surface area contributed by atoms with E-state index in [1.807, 2.05) is 0 Å². The normalized spacial score (nSPS) is 11.4. The molecule has 2 heterocycles. The van der Waals surface area contributed by atoms with Crippen molar-refractivity contribution in [2.24, 2.45) is 0 Å². The van der Waals surface area contributed by atoms with Crippen molar-refractivity contribution in [3.63, 3.8) is 0 Å². The van der Waals surface area contributed by atoms with Crippen LogP contribution in [0.25, 0.3) is 0 Å². The summed E-state index contributed by atoms with van der Waals surface area (Å²) in [7, 11) is -2.07. The summed E-state index contributed by atoms with van der Waals surface area (Å²) in [5.74, 6) is 0.348. The van der Waals surface area contributed by atoms with Crippen molar-refractivity contribution >= 4 is 21.5 Å². The number of H-pyrrole nitrogens is 1. The van der Waals surface area contributed by atoms with Gasteiger partial charge in [0.1, 0.15) is 10.7 Å². The number of hydrogen-bond donors (Lipinski definition) is 2. The van der Waals surface area contributed by atoms with Gasteiger partial charge in [-0.1, -0.05) is 0 Å². The molecule has 0 unspecified atom stereocenters. The lowest BCUT2D eigenvalue weighted by molar-refractivity contribution is 0.594. The van der Waals surface area contributed by atoms with Gasteiger partial charge in [0.15, 0.2) is 0 Å². The smallest absolute Gasteiger partial charge is 0.265 e. The second-order valence-electron chi connectivity index (χ2n) is 3.46. The number of nitrogen functional groups attached to an aromatic ring is 1. The Bertz CT molecular complexity index is 590. The molecule has 0 atom stereocenters. The molecule has 2 aromatic heterocycles. The number of anilines is 2. The molecule has 0 saturated heterocycles. The maximum atomic E-state index is 12.1. The molecule has 0 saturated carbocycles. The van der Waals surface area contributed by atoms with E-state index < -0.39 is 10.0 Å². The van der Waals surface area contributed by atoms with Crippen molar-refractivity contribution in [1.82, 2.24) is 9.97 Å². The predicted octanol–water partition coefficient (Wildman–Crippen LogP) is 0.817. The molecule has 2 rings (SSSR count). The maximum Gasteiger partial charge on any atom is 0.265 e. The molecule has 0 radical (unpaired) electrons. The number of sulfonamides is 1. The van der Waals surface area contributed by atoms with Gasteiger partial charge in [0, 0.05) is 19.4 Å². The second-order valence-corrected chi connectivity index (χ2v) is 5.43. The molecule has 0 amide bonds. The summed E-state index contributed by atoms with van der Waals surface area (Å²) in [5.41, 5.74) is 5.91. The molecule has 90 valence electrons. The fourth-order valence-corrected chi connectivity index (χ4v) is 2.51. The quantitative estimate of drug-likeness (QED) is 0.845. The van der Waals surface area contributed by atoms with E-state index in [4.69, 9.17) is 5.73 Å². The highest BCUT2D eigenvalue weighted by molar-refractivity contribution is 7.92. The zero-order chi connectivity index (χ0) is 12.5. The van der Waals surface area contributed by atoms with Gasteiger partial charge in [0.2, 0.25) is 0 Å². The van der Waals surface area contributed by atoms with E-state index >= 15 is 0 Å². The van der Waals surface area contributed by atoms with Crippen molar-refractivity contribution in [3.8, 4) is 0 Å². The summed E-state index contributed by atoms with van der Waals surface area (Å²) in [6.07, 6.45) is 4.40. The van der Waals surface area contributed by atoms with Crippen molar-refractivity contribution in [1.29, 1.82) is 0 Å². The third-order valence-corrected chi connectivity index (χ3v) is 4.14. The van der Waals surface area contributed by atoms with Crippen LogP contribution in [0, 0.1) is 0 Å². The van der Waals surface area contributed by atoms with Crippen LogP contribution in [0.15, 0.2) is 41.7 Å². The summed E-state index contributed by atoms with van der Waals surface area (Å²) < 4.78 is 25.4. The molecule has 0 bridgehead atoms. The first-order chi connectivity index (χ1) is 8.01. The van der Waals surface area contributed by atoms with Crippen LogP contribution in [0.4, 0.5) is 11.5 Å². The van der Waals surface area contributed by atoms with Gasteiger partial charge in [-0.15, -0.1) is 0 Å². The van der Waals surface area contributed by atoms with Crippen molar-refractivity contribution in [3.05, 3.63) is 36.8 Å². The van der Waals surface area contributed by atoms with E-state index in [0.29, 0.717) is 11.5 Å². The Morgan fingerprint density at radius 1 is 1.35 bits per heavy atom. The molecule has 17 heavy (non-hydrogen) atoms. The topological polar surface area (TPSA) is 92.1 Å². The van der Waals surface area contributed by atoms with Crippen molar-refractivity contribution < 1.29 is 8.42 Å². The van der Waals surface area contributed by atoms with Crippen LogP contribution in [0.3, 0.4) is 0 Å². The number of aromatic amines is 1. The van der Waals surface area contributed by atoms with Crippen LogP contribution in [0.2, 0.25) is 0 Å². The van der Waals surface area contributed by atoms with E-state index in [2.05, 4.69) is 9.97 Å². The van der Waals surface area contributed by atoms with E-state index in [0.717, 1.165) is 4.31 Å². The average Bonchev–Trinajstić information content (AvgIpc) is 2.83. The molecule has 2 aromatic rings. The molecule has 3 N–H and O–H groups in total. The zero-order valence-electron chi connectivity index (χ0n) is 9.16. The predicted molar refractivity (Wildman–Crippen MR) is 65.0 cm³/mol. The minimum Gasteiger partial charge on any atom is -0.384 e. The Labute approximate surface area is 99.1 Å². The summed E-state index contributed by atoms with van der Waals surface area (Å²) >= 11 is 0. The molecule has 6 nitrogen and oxygen atoms in total. The Balaban J connectivity index is 2.38. The summed E-state index contributed by atoms with van der Waals surface area (Å²) in [6, 6.07) is 4.65. The SMILES string of the molecule is CN(c1ccc(N)nc1)S(=O)(=O)c1cc[nH]c1. The molecule has 0 aliphatic heterocycles. The first kappa shape index (κ1) is 11.5. The number of rotatable bonds is 3. The summed E-state index contributed by atoms with van der Waals surface area (Å²) in [6.45, 7) is 0. The molecule has 0 aromatic carbocycles. The Hall–Kier alpha value is -2.02. The molecule has 0 aliphatic rings. The van der Waals surface area contributed by atoms with Crippen LogP contribution < -0.4 is 10.0 Å². The second kappa shape index (κ2) is 4.10. The molecular formula is C10H12N4O2S. The molecule has 0 aliphatic carbocycles. The lowest BCUT2D eigenvalue weighted by Crippen LogP contribution is -2.26. The first-order valence-electron chi connectivity index (χ1n) is 4.85. The van der Waals surface area contributed by atoms with Gasteiger partial charge in [0.05, 0.1) is 11.9 Å². The zero-order valence-corrected chi connectivity index (χ0v) is 9.98. The van der Waals surface area contributed by atoms with Gasteiger partial charge < -0.3 is 10.7 Å². The fraction of sp³-hybridized carbons (Fsp3) is 0.100. The van der Waals surface area contributed by atoms with Crippen LogP contribution in [-0.4, -0.2) is 25.4 Å². The molecule has 0 spiro atoms. The largest absolute Gasteiger partial charge is 0.384 e. The lowest BCUT2D eigenvalue weighted by Gasteiger charge is -2.18. The first-order valence-corrected chi connectivity index (χ1v) is 6.29. The van der Waals surface area contributed by atoms with E-state index in [9.17, 15) is 8.42 Å². The van der Waals surface area contributed by atoms with Gasteiger partial charge >= 0.3 is 0 Å². The Morgan fingerprint density at radius 2 is 2.12 bits per heavy atom. The highest BCUT2D eigenvalue weighted by atomic mass is 32.2. The third kappa shape index (κ3) is 2.09. The van der Waals surface area contributed by atoms with Crippen LogP contribution in [0.1, 0.15) is 0 Å². The minimum absolute atomic E-state index is 0.205. The standard InChI is InChI=1S/C10H12N4O2S/c1-14(8-2-3-10(11)13-6-8)17(15,16)9-4-5-12-7-9/h2-7,12H,1H3,(H2,11,13). The Kier molecular flexibility index (Phi) is 2.76. The monoisotopic (exact) mass is 252 g/mol. The Morgan fingerprint density at radius 3 is 2.65 bits per heavy atom. The van der Waals surface area contributed by atoms with E-state index in [-0.39, 0.29) is 4.90 Å². The molecular weight excluding hydrogens is 240 g/mol.